The minimum absolute atomic E-state index is 0.289. The summed E-state index contributed by atoms with van der Waals surface area (Å²) in [6.45, 7) is 6.33. The van der Waals surface area contributed by atoms with Crippen LogP contribution in [0.25, 0.3) is 0 Å². The highest BCUT2D eigenvalue weighted by atomic mass is 16.3. The van der Waals surface area contributed by atoms with E-state index < -0.39 is 0 Å². The van der Waals surface area contributed by atoms with E-state index in [9.17, 15) is 5.11 Å². The molecule has 0 aliphatic heterocycles. The second kappa shape index (κ2) is 4.38. The van der Waals surface area contributed by atoms with Crippen molar-refractivity contribution in [2.45, 2.75) is 38.8 Å². The zero-order valence-corrected chi connectivity index (χ0v) is 7.52. The van der Waals surface area contributed by atoms with Crippen LogP contribution in [-0.2, 0) is 0 Å². The molecule has 11 heavy (non-hydrogen) atoms. The topological polar surface area (TPSA) is 32.3 Å². The third-order valence-corrected chi connectivity index (χ3v) is 1.61. The first-order valence-corrected chi connectivity index (χ1v) is 3.92. The summed E-state index contributed by atoms with van der Waals surface area (Å²) in [6.07, 6.45) is 5.71. The van der Waals surface area contributed by atoms with Gasteiger partial charge in [0.2, 0.25) is 0 Å². The maximum absolute atomic E-state index is 9.19. The van der Waals surface area contributed by atoms with Gasteiger partial charge in [-0.25, -0.2) is 0 Å². The molecule has 2 heteroatoms. The van der Waals surface area contributed by atoms with Crippen molar-refractivity contribution in [3.05, 3.63) is 0 Å². The van der Waals surface area contributed by atoms with Crippen molar-refractivity contribution >= 4 is 0 Å². The second-order valence-corrected chi connectivity index (χ2v) is 3.21. The fourth-order valence-corrected chi connectivity index (χ4v) is 0.568. The Hall–Kier alpha value is -0.520. The molecular weight excluding hydrogens is 138 g/mol. The van der Waals surface area contributed by atoms with E-state index in [1.165, 1.54) is 0 Å². The van der Waals surface area contributed by atoms with Crippen molar-refractivity contribution in [1.29, 1.82) is 0 Å². The quantitative estimate of drug-likeness (QED) is 0.587. The number of rotatable bonds is 4. The number of aliphatic hydroxyl groups excluding tert-OH is 1. The Balaban J connectivity index is 3.63. The summed E-state index contributed by atoms with van der Waals surface area (Å²) in [5.74, 6) is 2.60. The Morgan fingerprint density at radius 2 is 2.18 bits per heavy atom. The smallest absolute Gasteiger partial charge is 0.0742 e. The van der Waals surface area contributed by atoms with Crippen molar-refractivity contribution in [3.63, 3.8) is 0 Å². The van der Waals surface area contributed by atoms with Crippen LogP contribution in [0.1, 0.15) is 27.2 Å². The summed E-state index contributed by atoms with van der Waals surface area (Å²) in [7, 11) is 0. The summed E-state index contributed by atoms with van der Waals surface area (Å²) in [6, 6.07) is 0. The maximum Gasteiger partial charge on any atom is 0.0742 e. The van der Waals surface area contributed by atoms with Gasteiger partial charge in [-0.1, -0.05) is 12.8 Å². The summed E-state index contributed by atoms with van der Waals surface area (Å²) in [5.41, 5.74) is -0.309. The van der Waals surface area contributed by atoms with Gasteiger partial charge in [-0.05, 0) is 20.3 Å². The first-order valence-electron chi connectivity index (χ1n) is 3.92. The minimum atomic E-state index is -0.309. The summed E-state index contributed by atoms with van der Waals surface area (Å²) >= 11 is 0. The lowest BCUT2D eigenvalue weighted by Crippen LogP contribution is -2.42. The van der Waals surface area contributed by atoms with Gasteiger partial charge in [-0.2, -0.15) is 0 Å². The van der Waals surface area contributed by atoms with Gasteiger partial charge in [0.05, 0.1) is 11.6 Å². The molecule has 0 radical (unpaired) electrons. The van der Waals surface area contributed by atoms with Crippen molar-refractivity contribution < 1.29 is 5.11 Å². The van der Waals surface area contributed by atoms with E-state index in [0.29, 0.717) is 6.54 Å². The Labute approximate surface area is 69.0 Å². The normalized spacial score (nSPS) is 14.1. The van der Waals surface area contributed by atoms with Gasteiger partial charge in [-0.15, -0.1) is 6.42 Å². The van der Waals surface area contributed by atoms with Crippen LogP contribution in [0.4, 0.5) is 0 Å². The van der Waals surface area contributed by atoms with E-state index >= 15 is 0 Å². The molecule has 0 aromatic heterocycles. The molecule has 0 aromatic carbocycles. The van der Waals surface area contributed by atoms with Crippen molar-refractivity contribution in [2.24, 2.45) is 0 Å². The third-order valence-electron chi connectivity index (χ3n) is 1.61. The maximum atomic E-state index is 9.19. The highest BCUT2D eigenvalue weighted by molar-refractivity contribution is 5.07. The van der Waals surface area contributed by atoms with E-state index in [1.54, 1.807) is 0 Å². The Morgan fingerprint density at radius 3 is 2.55 bits per heavy atom. The molecule has 0 aliphatic carbocycles. The van der Waals surface area contributed by atoms with Gasteiger partial charge in [-0.3, -0.25) is 5.32 Å². The standard InChI is InChI=1S/C9H17NO/c1-5-8(11)7-10-9(3,4)6-2/h2,8,10-11H,5,7H2,1,3-4H3. The number of nitrogens with one attached hydrogen (secondary N) is 1. The molecular formula is C9H17NO. The van der Waals surface area contributed by atoms with E-state index in [0.717, 1.165) is 6.42 Å². The average molecular weight is 155 g/mol. The van der Waals surface area contributed by atoms with Gasteiger partial charge >= 0.3 is 0 Å². The highest BCUT2D eigenvalue weighted by Crippen LogP contribution is 1.99. The van der Waals surface area contributed by atoms with Crippen LogP contribution in [0.5, 0.6) is 0 Å². The zero-order chi connectivity index (χ0) is 8.91. The van der Waals surface area contributed by atoms with E-state index in [-0.39, 0.29) is 11.6 Å². The van der Waals surface area contributed by atoms with Crippen LogP contribution in [0.15, 0.2) is 0 Å². The van der Waals surface area contributed by atoms with Gasteiger partial charge in [0.25, 0.3) is 0 Å². The predicted octanol–water partition coefficient (Wildman–Crippen LogP) is 0.759. The zero-order valence-electron chi connectivity index (χ0n) is 7.52. The number of aliphatic hydroxyl groups is 1. The van der Waals surface area contributed by atoms with E-state index in [1.807, 2.05) is 20.8 Å². The molecule has 0 rings (SSSR count). The molecule has 2 N–H and O–H groups in total. The lowest BCUT2D eigenvalue weighted by Gasteiger charge is -2.21. The number of hydrogen-bond acceptors (Lipinski definition) is 2. The number of hydrogen-bond donors (Lipinski definition) is 2. The lowest BCUT2D eigenvalue weighted by atomic mass is 10.1. The Kier molecular flexibility index (Phi) is 4.17. The fourth-order valence-electron chi connectivity index (χ4n) is 0.568. The molecule has 0 heterocycles. The summed E-state index contributed by atoms with van der Waals surface area (Å²) in [5, 5.41) is 12.3. The van der Waals surface area contributed by atoms with Crippen molar-refractivity contribution in [3.8, 4) is 12.3 Å². The molecule has 0 aromatic rings. The second-order valence-electron chi connectivity index (χ2n) is 3.21. The van der Waals surface area contributed by atoms with Crippen LogP contribution in [-0.4, -0.2) is 23.3 Å². The predicted molar refractivity (Wildman–Crippen MR) is 47.2 cm³/mol. The largest absolute Gasteiger partial charge is 0.392 e. The monoisotopic (exact) mass is 155 g/mol. The molecule has 64 valence electrons. The van der Waals surface area contributed by atoms with Crippen molar-refractivity contribution in [1.82, 2.24) is 5.32 Å². The van der Waals surface area contributed by atoms with Crippen molar-refractivity contribution in [2.75, 3.05) is 6.54 Å². The highest BCUT2D eigenvalue weighted by Gasteiger charge is 2.13. The van der Waals surface area contributed by atoms with Gasteiger partial charge in [0.1, 0.15) is 0 Å². The average Bonchev–Trinajstić information content (AvgIpc) is 2.00. The van der Waals surface area contributed by atoms with E-state index in [2.05, 4.69) is 11.2 Å². The first-order chi connectivity index (χ1) is 5.02. The molecule has 0 fully saturated rings. The van der Waals surface area contributed by atoms with Gasteiger partial charge < -0.3 is 5.11 Å². The van der Waals surface area contributed by atoms with Crippen LogP contribution in [0.2, 0.25) is 0 Å². The molecule has 0 bridgehead atoms. The van der Waals surface area contributed by atoms with Crippen LogP contribution in [0, 0.1) is 12.3 Å². The third kappa shape index (κ3) is 4.83. The first kappa shape index (κ1) is 10.5. The Bertz CT molecular complexity index is 146. The Morgan fingerprint density at radius 1 is 1.64 bits per heavy atom. The van der Waals surface area contributed by atoms with Gasteiger partial charge in [0, 0.05) is 6.54 Å². The molecule has 1 unspecified atom stereocenters. The van der Waals surface area contributed by atoms with Crippen LogP contribution in [0.3, 0.4) is 0 Å². The molecule has 0 saturated carbocycles. The number of β-amino-alcohol motifs (C(OH)–C–C–N with tert-alkyl or cyclic N) is 1. The number of terminal acetylenes is 1. The van der Waals surface area contributed by atoms with Crippen LogP contribution < -0.4 is 5.32 Å². The minimum Gasteiger partial charge on any atom is -0.392 e. The fraction of sp³-hybridized carbons (Fsp3) is 0.778. The van der Waals surface area contributed by atoms with E-state index in [4.69, 9.17) is 6.42 Å². The lowest BCUT2D eigenvalue weighted by molar-refractivity contribution is 0.160. The van der Waals surface area contributed by atoms with Gasteiger partial charge in [0.15, 0.2) is 0 Å². The molecule has 0 aliphatic rings. The SMILES string of the molecule is C#CC(C)(C)NCC(O)CC. The summed E-state index contributed by atoms with van der Waals surface area (Å²) in [4.78, 5) is 0. The summed E-state index contributed by atoms with van der Waals surface area (Å²) < 4.78 is 0. The molecule has 0 saturated heterocycles. The van der Waals surface area contributed by atoms with Crippen LogP contribution >= 0.6 is 0 Å². The molecule has 2 nitrogen and oxygen atoms in total. The molecule has 0 spiro atoms. The molecule has 1 atom stereocenters. The molecule has 0 amide bonds.